The molecule has 30 heavy (non-hydrogen) atoms. The normalized spacial score (nSPS) is 12.3. The summed E-state index contributed by atoms with van der Waals surface area (Å²) in [7, 11) is -1.40. The minimum Gasteiger partial charge on any atom is -0.370 e. The molecule has 1 atom stereocenters. The van der Waals surface area contributed by atoms with Crippen LogP contribution >= 0.6 is 8.38 Å². The summed E-state index contributed by atoms with van der Waals surface area (Å²) in [5.41, 5.74) is 6.84. The summed E-state index contributed by atoms with van der Waals surface area (Å²) >= 11 is 0. The van der Waals surface area contributed by atoms with Crippen LogP contribution in [0.2, 0.25) is 0 Å². The fourth-order valence-corrected chi connectivity index (χ4v) is 3.60. The van der Waals surface area contributed by atoms with Crippen LogP contribution in [0.15, 0.2) is 41.5 Å². The molecule has 1 aromatic carbocycles. The molecule has 0 fully saturated rings. The number of nitrogen functional groups attached to an aromatic ring is 1. The Kier molecular flexibility index (Phi) is 8.04. The SMILES string of the molecule is CCC(=O)COP(COCCn1cnc2c(=O)[nH]c(N)nc21)OCc1ccccc1. The van der Waals surface area contributed by atoms with Gasteiger partial charge in [0.15, 0.2) is 25.3 Å². The molecular formula is C19H24N5O5P. The number of imidazole rings is 1. The number of rotatable bonds is 12. The number of benzene rings is 1. The third kappa shape index (κ3) is 6.17. The highest BCUT2D eigenvalue weighted by molar-refractivity contribution is 7.47. The molecule has 10 nitrogen and oxygen atoms in total. The van der Waals surface area contributed by atoms with Crippen LogP contribution in [0.25, 0.3) is 11.2 Å². The van der Waals surface area contributed by atoms with Crippen molar-refractivity contribution in [3.05, 3.63) is 52.6 Å². The summed E-state index contributed by atoms with van der Waals surface area (Å²) in [4.78, 5) is 34.0. The van der Waals surface area contributed by atoms with E-state index in [0.717, 1.165) is 5.56 Å². The lowest BCUT2D eigenvalue weighted by molar-refractivity contribution is -0.120. The van der Waals surface area contributed by atoms with E-state index in [1.807, 2.05) is 30.3 Å². The molecule has 2 heterocycles. The zero-order valence-electron chi connectivity index (χ0n) is 16.6. The number of nitrogens with one attached hydrogen (secondary N) is 1. The van der Waals surface area contributed by atoms with Gasteiger partial charge in [-0.1, -0.05) is 37.3 Å². The number of aromatic nitrogens is 4. The highest BCUT2D eigenvalue weighted by Crippen LogP contribution is 2.39. The Morgan fingerprint density at radius 3 is 2.83 bits per heavy atom. The topological polar surface area (TPSA) is 134 Å². The van der Waals surface area contributed by atoms with Gasteiger partial charge in [-0.2, -0.15) is 4.98 Å². The molecule has 11 heteroatoms. The molecular weight excluding hydrogens is 409 g/mol. The summed E-state index contributed by atoms with van der Waals surface area (Å²) < 4.78 is 18.9. The maximum atomic E-state index is 11.8. The maximum absolute atomic E-state index is 11.8. The van der Waals surface area contributed by atoms with Gasteiger partial charge in [-0.25, -0.2) is 4.98 Å². The molecule has 3 aromatic rings. The zero-order chi connectivity index (χ0) is 21.3. The maximum Gasteiger partial charge on any atom is 0.280 e. The summed E-state index contributed by atoms with van der Waals surface area (Å²) in [6.45, 7) is 2.89. The number of carbonyl (C=O) groups is 1. The van der Waals surface area contributed by atoms with Gasteiger partial charge in [0.05, 0.1) is 19.5 Å². The number of fused-ring (bicyclic) bond motifs is 1. The molecule has 1 unspecified atom stereocenters. The lowest BCUT2D eigenvalue weighted by Gasteiger charge is -2.17. The van der Waals surface area contributed by atoms with Crippen molar-refractivity contribution in [1.29, 1.82) is 0 Å². The molecule has 160 valence electrons. The minimum absolute atomic E-state index is 0.00150. The molecule has 0 saturated carbocycles. The highest BCUT2D eigenvalue weighted by Gasteiger charge is 2.14. The number of hydrogen-bond acceptors (Lipinski definition) is 8. The van der Waals surface area contributed by atoms with Crippen LogP contribution in [0.1, 0.15) is 18.9 Å². The van der Waals surface area contributed by atoms with Crippen LogP contribution in [0.3, 0.4) is 0 Å². The van der Waals surface area contributed by atoms with Crippen molar-refractivity contribution < 1.29 is 18.6 Å². The van der Waals surface area contributed by atoms with Crippen LogP contribution in [-0.2, 0) is 31.7 Å². The van der Waals surface area contributed by atoms with Gasteiger partial charge in [-0.05, 0) is 5.56 Å². The predicted molar refractivity (Wildman–Crippen MR) is 113 cm³/mol. The van der Waals surface area contributed by atoms with Crippen molar-refractivity contribution in [2.24, 2.45) is 0 Å². The molecule has 0 spiro atoms. The first kappa shape index (κ1) is 22.0. The van der Waals surface area contributed by atoms with Crippen LogP contribution in [0.5, 0.6) is 0 Å². The Morgan fingerprint density at radius 2 is 2.07 bits per heavy atom. The van der Waals surface area contributed by atoms with Gasteiger partial charge in [-0.15, -0.1) is 0 Å². The fourth-order valence-electron chi connectivity index (χ4n) is 2.52. The van der Waals surface area contributed by atoms with E-state index in [0.29, 0.717) is 31.8 Å². The van der Waals surface area contributed by atoms with Crippen molar-refractivity contribution in [1.82, 2.24) is 19.5 Å². The fraction of sp³-hybridized carbons (Fsp3) is 0.368. The van der Waals surface area contributed by atoms with E-state index < -0.39 is 8.38 Å². The first-order valence-electron chi connectivity index (χ1n) is 9.44. The van der Waals surface area contributed by atoms with Crippen molar-refractivity contribution in [2.45, 2.75) is 26.5 Å². The number of aromatic amines is 1. The third-order valence-electron chi connectivity index (χ3n) is 4.15. The smallest absolute Gasteiger partial charge is 0.280 e. The second kappa shape index (κ2) is 10.9. The number of ether oxygens (including phenoxy) is 1. The standard InChI is InChI=1S/C19H24N5O5P/c1-2-15(25)11-29-30(28-10-14-6-4-3-5-7-14)13-27-9-8-24-12-21-16-17(24)22-19(20)23-18(16)26/h3-7,12H,2,8-11,13H2,1H3,(H3,20,22,23,26). The number of H-pyrrole nitrogens is 1. The molecule has 2 aromatic heterocycles. The minimum atomic E-state index is -1.40. The summed E-state index contributed by atoms with van der Waals surface area (Å²) in [5, 5.41) is 0. The molecule has 0 aliphatic heterocycles. The van der Waals surface area contributed by atoms with E-state index in [1.165, 1.54) is 6.33 Å². The van der Waals surface area contributed by atoms with E-state index in [-0.39, 0.29) is 35.8 Å². The lowest BCUT2D eigenvalue weighted by atomic mass is 10.2. The Hall–Kier alpha value is -2.65. The van der Waals surface area contributed by atoms with Gasteiger partial charge >= 0.3 is 0 Å². The van der Waals surface area contributed by atoms with E-state index >= 15 is 0 Å². The second-order valence-electron chi connectivity index (χ2n) is 6.36. The molecule has 0 aliphatic rings. The molecule has 3 rings (SSSR count). The first-order valence-corrected chi connectivity index (χ1v) is 10.8. The van der Waals surface area contributed by atoms with Crippen LogP contribution < -0.4 is 11.3 Å². The van der Waals surface area contributed by atoms with Crippen molar-refractivity contribution in [3.8, 4) is 0 Å². The summed E-state index contributed by atoms with van der Waals surface area (Å²) in [6, 6.07) is 9.70. The average Bonchev–Trinajstić information content (AvgIpc) is 3.16. The Morgan fingerprint density at radius 1 is 1.27 bits per heavy atom. The first-order chi connectivity index (χ1) is 14.6. The van der Waals surface area contributed by atoms with Gasteiger partial charge in [0, 0.05) is 13.0 Å². The third-order valence-corrected chi connectivity index (χ3v) is 5.38. The molecule has 0 aliphatic carbocycles. The van der Waals surface area contributed by atoms with Crippen molar-refractivity contribution in [2.75, 3.05) is 25.3 Å². The number of nitrogens with zero attached hydrogens (tertiary/aromatic N) is 3. The quantitative estimate of drug-likeness (QED) is 0.328. The predicted octanol–water partition coefficient (Wildman–Crippen LogP) is 2.20. The van der Waals surface area contributed by atoms with Gasteiger partial charge in [0.2, 0.25) is 5.95 Å². The molecule has 0 saturated heterocycles. The molecule has 0 bridgehead atoms. The zero-order valence-corrected chi connectivity index (χ0v) is 17.5. The van der Waals surface area contributed by atoms with Gasteiger partial charge in [0.25, 0.3) is 5.56 Å². The van der Waals surface area contributed by atoms with E-state index in [1.54, 1.807) is 11.5 Å². The van der Waals surface area contributed by atoms with Crippen molar-refractivity contribution >= 4 is 31.3 Å². The number of anilines is 1. The Balaban J connectivity index is 1.53. The summed E-state index contributed by atoms with van der Waals surface area (Å²) in [6.07, 6.45) is 2.13. The van der Waals surface area contributed by atoms with Gasteiger partial charge < -0.3 is 24.1 Å². The number of carbonyl (C=O) groups excluding carboxylic acids is 1. The second-order valence-corrected chi connectivity index (χ2v) is 7.80. The van der Waals surface area contributed by atoms with Gasteiger partial charge in [0.1, 0.15) is 13.0 Å². The number of ketones is 1. The number of Topliss-reactive ketones (excluding diaryl/α,β-unsaturated/α-hetero) is 1. The molecule has 0 radical (unpaired) electrons. The van der Waals surface area contributed by atoms with E-state index in [2.05, 4.69) is 15.0 Å². The Bertz CT molecular complexity index is 1020. The summed E-state index contributed by atoms with van der Waals surface area (Å²) in [5.74, 6) is 0.0339. The Labute approximate surface area is 174 Å². The number of hydrogen-bond donors (Lipinski definition) is 2. The van der Waals surface area contributed by atoms with Crippen LogP contribution in [0.4, 0.5) is 5.95 Å². The van der Waals surface area contributed by atoms with E-state index in [4.69, 9.17) is 19.5 Å². The van der Waals surface area contributed by atoms with Gasteiger partial charge in [-0.3, -0.25) is 14.6 Å². The monoisotopic (exact) mass is 433 g/mol. The van der Waals surface area contributed by atoms with Crippen LogP contribution in [-0.4, -0.2) is 44.9 Å². The largest absolute Gasteiger partial charge is 0.370 e. The van der Waals surface area contributed by atoms with Crippen LogP contribution in [0, 0.1) is 0 Å². The molecule has 0 amide bonds. The average molecular weight is 433 g/mol. The van der Waals surface area contributed by atoms with E-state index in [9.17, 15) is 9.59 Å². The lowest BCUT2D eigenvalue weighted by Crippen LogP contribution is -2.13. The van der Waals surface area contributed by atoms with Crippen molar-refractivity contribution in [3.63, 3.8) is 0 Å². The molecule has 3 N–H and O–H groups in total. The number of nitrogens with two attached hydrogens (primary N) is 1. The highest BCUT2D eigenvalue weighted by atomic mass is 31.2.